The zero-order valence-corrected chi connectivity index (χ0v) is 41.8. The maximum Gasteiger partial charge on any atom is 0.306 e. The molecule has 0 saturated heterocycles. The lowest BCUT2D eigenvalue weighted by Gasteiger charge is -2.18. The van der Waals surface area contributed by atoms with Crippen LogP contribution in [0, 0.1) is 11.8 Å². The Morgan fingerprint density at radius 1 is 0.311 bits per heavy atom. The maximum absolute atomic E-state index is 12.8. The number of rotatable bonds is 49. The standard InChI is InChI=1S/C55H106O6/c1-6-7-8-9-10-11-12-13-17-20-25-30-35-40-45-53(56)59-48-52(61-55(58)47-42-37-32-27-22-24-29-34-39-44-51(4)5)49-60-54(57)46-41-36-31-26-21-18-15-14-16-19-23-28-33-38-43-50(2)3/h50-52H,6-49H2,1-5H3/t52-/m1/s1. The van der Waals surface area contributed by atoms with Gasteiger partial charge in [-0.25, -0.2) is 0 Å². The lowest BCUT2D eigenvalue weighted by molar-refractivity contribution is -0.167. The molecule has 0 unspecified atom stereocenters. The summed E-state index contributed by atoms with van der Waals surface area (Å²) >= 11 is 0. The first kappa shape index (κ1) is 59.4. The van der Waals surface area contributed by atoms with Crippen LogP contribution in [0.1, 0.15) is 304 Å². The molecule has 0 fully saturated rings. The number of carbonyl (C=O) groups is 3. The Kier molecular flexibility index (Phi) is 46.6. The second kappa shape index (κ2) is 47.9. The van der Waals surface area contributed by atoms with Gasteiger partial charge in [-0.05, 0) is 31.1 Å². The van der Waals surface area contributed by atoms with Crippen molar-refractivity contribution in [2.75, 3.05) is 13.2 Å². The Morgan fingerprint density at radius 2 is 0.541 bits per heavy atom. The third kappa shape index (κ3) is 49.3. The fraction of sp³-hybridized carbons (Fsp3) is 0.945. The molecule has 0 N–H and O–H groups in total. The van der Waals surface area contributed by atoms with Gasteiger partial charge in [-0.3, -0.25) is 14.4 Å². The molecule has 0 rings (SSSR count). The van der Waals surface area contributed by atoms with Crippen molar-refractivity contribution in [2.24, 2.45) is 11.8 Å². The highest BCUT2D eigenvalue weighted by Crippen LogP contribution is 2.18. The van der Waals surface area contributed by atoms with Crippen molar-refractivity contribution in [3.63, 3.8) is 0 Å². The quantitative estimate of drug-likeness (QED) is 0.0344. The molecule has 0 aliphatic rings. The van der Waals surface area contributed by atoms with Crippen molar-refractivity contribution < 1.29 is 28.6 Å². The molecule has 0 radical (unpaired) electrons. The van der Waals surface area contributed by atoms with E-state index >= 15 is 0 Å². The minimum absolute atomic E-state index is 0.0634. The largest absolute Gasteiger partial charge is 0.462 e. The van der Waals surface area contributed by atoms with Crippen LogP contribution in [0.5, 0.6) is 0 Å². The molecule has 0 bridgehead atoms. The van der Waals surface area contributed by atoms with E-state index in [9.17, 15) is 14.4 Å². The molecule has 0 aromatic rings. The lowest BCUT2D eigenvalue weighted by atomic mass is 10.0. The van der Waals surface area contributed by atoms with Gasteiger partial charge in [0.2, 0.25) is 0 Å². The van der Waals surface area contributed by atoms with Gasteiger partial charge < -0.3 is 14.2 Å². The molecule has 0 amide bonds. The molecular formula is C55H106O6. The summed E-state index contributed by atoms with van der Waals surface area (Å²) in [6, 6.07) is 0. The molecule has 1 atom stereocenters. The number of ether oxygens (including phenoxy) is 3. The third-order valence-corrected chi connectivity index (χ3v) is 12.5. The highest BCUT2D eigenvalue weighted by atomic mass is 16.6. The van der Waals surface area contributed by atoms with Gasteiger partial charge in [0.05, 0.1) is 0 Å². The van der Waals surface area contributed by atoms with Crippen molar-refractivity contribution in [3.05, 3.63) is 0 Å². The normalized spacial score (nSPS) is 12.0. The molecule has 0 heterocycles. The van der Waals surface area contributed by atoms with Crippen LogP contribution in [0.25, 0.3) is 0 Å². The van der Waals surface area contributed by atoms with Crippen LogP contribution in [0.2, 0.25) is 0 Å². The fourth-order valence-corrected chi connectivity index (χ4v) is 8.34. The average Bonchev–Trinajstić information content (AvgIpc) is 3.23. The molecule has 0 aliphatic heterocycles. The second-order valence-electron chi connectivity index (χ2n) is 19.8. The highest BCUT2D eigenvalue weighted by molar-refractivity contribution is 5.71. The molecule has 0 saturated carbocycles. The number of carbonyl (C=O) groups excluding carboxylic acids is 3. The van der Waals surface area contributed by atoms with E-state index in [-0.39, 0.29) is 31.1 Å². The molecule has 6 nitrogen and oxygen atoms in total. The summed E-state index contributed by atoms with van der Waals surface area (Å²) in [5.41, 5.74) is 0. The summed E-state index contributed by atoms with van der Waals surface area (Å²) in [6.45, 7) is 11.4. The van der Waals surface area contributed by atoms with Crippen molar-refractivity contribution in [1.29, 1.82) is 0 Å². The number of hydrogen-bond acceptors (Lipinski definition) is 6. The lowest BCUT2D eigenvalue weighted by Crippen LogP contribution is -2.30. The van der Waals surface area contributed by atoms with Gasteiger partial charge in [0.1, 0.15) is 13.2 Å². The van der Waals surface area contributed by atoms with E-state index in [0.717, 1.165) is 69.6 Å². The fourth-order valence-electron chi connectivity index (χ4n) is 8.34. The van der Waals surface area contributed by atoms with E-state index in [2.05, 4.69) is 34.6 Å². The highest BCUT2D eigenvalue weighted by Gasteiger charge is 2.19. The smallest absolute Gasteiger partial charge is 0.306 e. The minimum Gasteiger partial charge on any atom is -0.462 e. The Labute approximate surface area is 380 Å². The maximum atomic E-state index is 12.8. The molecule has 0 aromatic heterocycles. The van der Waals surface area contributed by atoms with Crippen LogP contribution in [0.4, 0.5) is 0 Å². The van der Waals surface area contributed by atoms with E-state index in [4.69, 9.17) is 14.2 Å². The Morgan fingerprint density at radius 3 is 0.803 bits per heavy atom. The monoisotopic (exact) mass is 863 g/mol. The van der Waals surface area contributed by atoms with Crippen molar-refractivity contribution >= 4 is 17.9 Å². The van der Waals surface area contributed by atoms with Crippen LogP contribution < -0.4 is 0 Å². The van der Waals surface area contributed by atoms with E-state index in [1.165, 1.54) is 193 Å². The van der Waals surface area contributed by atoms with Crippen LogP contribution in [-0.4, -0.2) is 37.2 Å². The second-order valence-corrected chi connectivity index (χ2v) is 19.8. The third-order valence-electron chi connectivity index (χ3n) is 12.5. The molecule has 61 heavy (non-hydrogen) atoms. The van der Waals surface area contributed by atoms with Gasteiger partial charge in [0, 0.05) is 19.3 Å². The van der Waals surface area contributed by atoms with Crippen molar-refractivity contribution in [3.8, 4) is 0 Å². The Hall–Kier alpha value is -1.59. The van der Waals surface area contributed by atoms with E-state index in [1.54, 1.807) is 0 Å². The van der Waals surface area contributed by atoms with Gasteiger partial charge in [-0.15, -0.1) is 0 Å². The molecular weight excluding hydrogens is 757 g/mol. The minimum atomic E-state index is -0.762. The summed E-state index contributed by atoms with van der Waals surface area (Å²) < 4.78 is 16.8. The average molecular weight is 863 g/mol. The topological polar surface area (TPSA) is 78.9 Å². The van der Waals surface area contributed by atoms with Gasteiger partial charge in [-0.1, -0.05) is 266 Å². The van der Waals surface area contributed by atoms with Crippen LogP contribution >= 0.6 is 0 Å². The van der Waals surface area contributed by atoms with E-state index < -0.39 is 6.10 Å². The number of hydrogen-bond donors (Lipinski definition) is 0. The van der Waals surface area contributed by atoms with E-state index in [1.807, 2.05) is 0 Å². The Balaban J connectivity index is 4.28. The SMILES string of the molecule is CCCCCCCCCCCCCCCCC(=O)OC[C@H](COC(=O)CCCCCCCCCCCCCCCCC(C)C)OC(=O)CCCCCCCCCCCC(C)C. The summed E-state index contributed by atoms with van der Waals surface area (Å²) in [6.07, 6.45) is 49.5. The number of esters is 3. The molecule has 0 aromatic carbocycles. The Bertz CT molecular complexity index is 931. The molecule has 362 valence electrons. The summed E-state index contributed by atoms with van der Waals surface area (Å²) in [5.74, 6) is 0.806. The summed E-state index contributed by atoms with van der Waals surface area (Å²) in [5, 5.41) is 0. The number of unbranched alkanes of at least 4 members (excludes halogenated alkanes) is 34. The molecule has 0 spiro atoms. The first-order chi connectivity index (χ1) is 29.7. The van der Waals surface area contributed by atoms with Crippen molar-refractivity contribution in [2.45, 2.75) is 310 Å². The van der Waals surface area contributed by atoms with Crippen molar-refractivity contribution in [1.82, 2.24) is 0 Å². The molecule has 6 heteroatoms. The zero-order chi connectivity index (χ0) is 44.7. The zero-order valence-electron chi connectivity index (χ0n) is 41.8. The van der Waals surface area contributed by atoms with Gasteiger partial charge in [0.15, 0.2) is 6.10 Å². The van der Waals surface area contributed by atoms with Crippen LogP contribution in [-0.2, 0) is 28.6 Å². The first-order valence-electron chi connectivity index (χ1n) is 27.2. The summed E-state index contributed by atoms with van der Waals surface area (Å²) in [4.78, 5) is 38.0. The first-order valence-corrected chi connectivity index (χ1v) is 27.2. The van der Waals surface area contributed by atoms with Gasteiger partial charge in [0.25, 0.3) is 0 Å². The van der Waals surface area contributed by atoms with Crippen LogP contribution in [0.3, 0.4) is 0 Å². The summed E-state index contributed by atoms with van der Waals surface area (Å²) in [7, 11) is 0. The van der Waals surface area contributed by atoms with E-state index in [0.29, 0.717) is 19.3 Å². The predicted molar refractivity (Wildman–Crippen MR) is 261 cm³/mol. The van der Waals surface area contributed by atoms with Gasteiger partial charge in [-0.2, -0.15) is 0 Å². The molecule has 0 aliphatic carbocycles. The predicted octanol–water partition coefficient (Wildman–Crippen LogP) is 17.7. The van der Waals surface area contributed by atoms with Crippen LogP contribution in [0.15, 0.2) is 0 Å². The van der Waals surface area contributed by atoms with Gasteiger partial charge >= 0.3 is 17.9 Å².